The molecule has 0 amide bonds. The lowest BCUT2D eigenvalue weighted by Crippen LogP contribution is -1.98. The lowest BCUT2D eigenvalue weighted by atomic mass is 10.1. The average molecular weight is 789 g/mol. The molecule has 0 radical (unpaired) electrons. The van der Waals surface area contributed by atoms with Crippen molar-refractivity contribution in [2.75, 3.05) is 13.2 Å². The zero-order chi connectivity index (χ0) is 40.6. The van der Waals surface area contributed by atoms with Gasteiger partial charge in [-0.05, 0) is 103 Å². The SMILES string of the molecule is CC/C=C\C/C=C\C/C=C\CC1OC1C/C=C\C/C=C\CCC(=O)CCCO.CC/C=C\C/C=C\C/C=C\CC1SC1C/C=C\C/C=C\CCC(=O)CCCO. The number of Topliss-reactive ketones (excluding diaryl/α,β-unsaturated/α-hetero) is 2. The molecular formula is C50H76O5S. The zero-order valence-corrected chi connectivity index (χ0v) is 35.8. The summed E-state index contributed by atoms with van der Waals surface area (Å²) < 4.78 is 5.69. The molecule has 2 fully saturated rings. The van der Waals surface area contributed by atoms with Gasteiger partial charge in [-0.15, -0.1) is 0 Å². The summed E-state index contributed by atoms with van der Waals surface area (Å²) in [5.74, 6) is 0.487. The summed E-state index contributed by atoms with van der Waals surface area (Å²) in [6.45, 7) is 4.52. The lowest BCUT2D eigenvalue weighted by molar-refractivity contribution is -0.120. The molecule has 2 rings (SSSR count). The fourth-order valence-corrected chi connectivity index (χ4v) is 6.62. The van der Waals surface area contributed by atoms with Crippen molar-refractivity contribution in [2.24, 2.45) is 0 Å². The fourth-order valence-electron chi connectivity index (χ4n) is 5.60. The second-order valence-corrected chi connectivity index (χ2v) is 15.6. The van der Waals surface area contributed by atoms with Crippen LogP contribution in [0.4, 0.5) is 0 Å². The number of aliphatic hydroxyl groups excluding tert-OH is 2. The zero-order valence-electron chi connectivity index (χ0n) is 34.9. The number of ether oxygens (including phenoxy) is 1. The van der Waals surface area contributed by atoms with Crippen molar-refractivity contribution in [1.29, 1.82) is 0 Å². The Morgan fingerprint density at radius 1 is 0.446 bits per heavy atom. The van der Waals surface area contributed by atoms with Crippen molar-refractivity contribution < 1.29 is 24.5 Å². The quantitative estimate of drug-likeness (QED) is 0.0499. The summed E-state index contributed by atoms with van der Waals surface area (Å²) in [5.41, 5.74) is 0. The molecule has 2 N–H and O–H groups in total. The van der Waals surface area contributed by atoms with Crippen molar-refractivity contribution in [3.05, 3.63) is 122 Å². The molecular weight excluding hydrogens is 713 g/mol. The second-order valence-electron chi connectivity index (χ2n) is 14.1. The summed E-state index contributed by atoms with van der Waals surface area (Å²) in [5, 5.41) is 19.0. The number of ketones is 2. The van der Waals surface area contributed by atoms with E-state index in [4.69, 9.17) is 14.9 Å². The minimum absolute atomic E-state index is 0.1000. The molecule has 0 aliphatic carbocycles. The molecule has 56 heavy (non-hydrogen) atoms. The smallest absolute Gasteiger partial charge is 0.133 e. The molecule has 0 saturated carbocycles. The predicted molar refractivity (Wildman–Crippen MR) is 243 cm³/mol. The van der Waals surface area contributed by atoms with Gasteiger partial charge in [-0.25, -0.2) is 0 Å². The Bertz CT molecular complexity index is 1180. The fraction of sp³-hybridized carbons (Fsp3) is 0.560. The maximum Gasteiger partial charge on any atom is 0.133 e. The van der Waals surface area contributed by atoms with Crippen molar-refractivity contribution in [3.63, 3.8) is 0 Å². The first-order chi connectivity index (χ1) is 27.5. The summed E-state index contributed by atoms with van der Waals surface area (Å²) in [4.78, 5) is 22.9. The van der Waals surface area contributed by atoms with Crippen LogP contribution in [0.2, 0.25) is 0 Å². The van der Waals surface area contributed by atoms with E-state index in [1.807, 2.05) is 0 Å². The number of allylic oxidation sites excluding steroid dienone is 18. The van der Waals surface area contributed by atoms with Crippen molar-refractivity contribution in [3.8, 4) is 0 Å². The molecule has 0 bridgehead atoms. The van der Waals surface area contributed by atoms with Gasteiger partial charge in [0.05, 0.1) is 12.2 Å². The van der Waals surface area contributed by atoms with Gasteiger partial charge in [0.25, 0.3) is 0 Å². The highest BCUT2D eigenvalue weighted by Crippen LogP contribution is 2.46. The van der Waals surface area contributed by atoms with Gasteiger partial charge in [-0.2, -0.15) is 11.8 Å². The number of carbonyl (C=O) groups excluding carboxylic acids is 2. The number of rotatable bonds is 34. The number of epoxide rings is 1. The summed E-state index contributed by atoms with van der Waals surface area (Å²) >= 11 is 2.09. The highest BCUT2D eigenvalue weighted by molar-refractivity contribution is 8.07. The van der Waals surface area contributed by atoms with Crippen LogP contribution in [0, 0.1) is 0 Å². The molecule has 5 nitrogen and oxygen atoms in total. The Morgan fingerprint density at radius 3 is 1.12 bits per heavy atom. The Morgan fingerprint density at radius 2 is 0.768 bits per heavy atom. The molecule has 0 aromatic carbocycles. The number of carbonyl (C=O) groups is 2. The van der Waals surface area contributed by atoms with Crippen LogP contribution in [0.25, 0.3) is 0 Å². The first kappa shape index (κ1) is 51.0. The molecule has 0 aromatic rings. The highest BCUT2D eigenvalue weighted by atomic mass is 32.2. The number of aliphatic hydroxyl groups is 2. The molecule has 2 heterocycles. The Labute approximate surface area is 346 Å². The summed E-state index contributed by atoms with van der Waals surface area (Å²) in [6.07, 6.45) is 62.3. The van der Waals surface area contributed by atoms with Crippen LogP contribution in [-0.2, 0) is 14.3 Å². The monoisotopic (exact) mass is 789 g/mol. The first-order valence-corrected chi connectivity index (χ1v) is 22.6. The topological polar surface area (TPSA) is 87.1 Å². The third-order valence-electron chi connectivity index (χ3n) is 9.03. The van der Waals surface area contributed by atoms with Gasteiger partial charge < -0.3 is 14.9 Å². The maximum absolute atomic E-state index is 11.5. The van der Waals surface area contributed by atoms with Gasteiger partial charge in [0.1, 0.15) is 11.6 Å². The van der Waals surface area contributed by atoms with E-state index >= 15 is 0 Å². The highest BCUT2D eigenvalue weighted by Gasteiger charge is 2.36. The minimum Gasteiger partial charge on any atom is -0.396 e. The van der Waals surface area contributed by atoms with Crippen LogP contribution in [0.5, 0.6) is 0 Å². The molecule has 0 spiro atoms. The van der Waals surface area contributed by atoms with Crippen LogP contribution < -0.4 is 0 Å². The van der Waals surface area contributed by atoms with E-state index < -0.39 is 0 Å². The molecule has 2 saturated heterocycles. The minimum atomic E-state index is 0.1000. The van der Waals surface area contributed by atoms with Crippen molar-refractivity contribution >= 4 is 23.3 Å². The predicted octanol–water partition coefficient (Wildman–Crippen LogP) is 12.8. The van der Waals surface area contributed by atoms with Crippen molar-refractivity contribution in [2.45, 2.75) is 165 Å². The van der Waals surface area contributed by atoms with E-state index in [1.54, 1.807) is 0 Å². The first-order valence-electron chi connectivity index (χ1n) is 21.6. The van der Waals surface area contributed by atoms with Gasteiger partial charge in [0.15, 0.2) is 0 Å². The molecule has 2 aliphatic rings. The van der Waals surface area contributed by atoms with E-state index in [0.29, 0.717) is 50.7 Å². The van der Waals surface area contributed by atoms with E-state index in [0.717, 1.165) is 87.5 Å². The van der Waals surface area contributed by atoms with Crippen LogP contribution in [0.15, 0.2) is 122 Å². The third-order valence-corrected chi connectivity index (χ3v) is 10.5. The molecule has 312 valence electrons. The van der Waals surface area contributed by atoms with Crippen LogP contribution in [0.3, 0.4) is 0 Å². The molecule has 4 unspecified atom stereocenters. The normalized spacial score (nSPS) is 19.9. The second kappa shape index (κ2) is 38.8. The van der Waals surface area contributed by atoms with E-state index in [9.17, 15) is 9.59 Å². The average Bonchev–Trinajstić information content (AvgIpc) is 4.14. The Balaban J connectivity index is 0.000000560. The van der Waals surface area contributed by atoms with E-state index in [1.165, 1.54) is 12.8 Å². The van der Waals surface area contributed by atoms with Gasteiger partial charge in [0.2, 0.25) is 0 Å². The molecule has 2 aliphatic heterocycles. The van der Waals surface area contributed by atoms with Gasteiger partial charge in [0, 0.05) is 49.4 Å². The van der Waals surface area contributed by atoms with Gasteiger partial charge in [-0.3, -0.25) is 9.59 Å². The standard InChI is InChI=1S/C25H38O3.C25H38O2S/c2*1-2-3-4-5-6-7-8-12-15-20-24-25(28-24)21-16-13-10-9-11-14-18-23(27)19-17-22-26/h2*3-4,6-7,9,11-13,15-16,24-26H,2,5,8,10,14,17-22H2,1H3/b2*4-3-,7-6-,11-9-,15-12-,16-13-. The maximum atomic E-state index is 11.5. The van der Waals surface area contributed by atoms with Crippen LogP contribution in [-0.4, -0.2) is 57.7 Å². The molecule has 4 atom stereocenters. The summed E-state index contributed by atoms with van der Waals surface area (Å²) in [7, 11) is 0. The van der Waals surface area contributed by atoms with E-state index in [2.05, 4.69) is 147 Å². The van der Waals surface area contributed by atoms with Crippen LogP contribution in [0.1, 0.15) is 142 Å². The summed E-state index contributed by atoms with van der Waals surface area (Å²) in [6, 6.07) is 0. The van der Waals surface area contributed by atoms with Crippen LogP contribution >= 0.6 is 11.8 Å². The lowest BCUT2D eigenvalue weighted by Gasteiger charge is -1.95. The van der Waals surface area contributed by atoms with Crippen molar-refractivity contribution in [1.82, 2.24) is 0 Å². The Kier molecular flexibility index (Phi) is 35.4. The van der Waals surface area contributed by atoms with E-state index in [-0.39, 0.29) is 24.8 Å². The largest absolute Gasteiger partial charge is 0.396 e. The van der Waals surface area contributed by atoms with Gasteiger partial charge >= 0.3 is 0 Å². The third kappa shape index (κ3) is 34.2. The number of hydrogen-bond acceptors (Lipinski definition) is 6. The molecule has 6 heteroatoms. The molecule has 0 aromatic heterocycles. The Hall–Kier alpha value is -3.03. The van der Waals surface area contributed by atoms with Gasteiger partial charge in [-0.1, -0.05) is 135 Å². The number of thioether (sulfide) groups is 1. The number of hydrogen-bond donors (Lipinski definition) is 2.